The van der Waals surface area contributed by atoms with Crippen LogP contribution < -0.4 is 0 Å². The number of amidine groups is 1. The van der Waals surface area contributed by atoms with Gasteiger partial charge in [0.25, 0.3) is 5.91 Å². The highest BCUT2D eigenvalue weighted by Crippen LogP contribution is 2.33. The Bertz CT molecular complexity index is 655. The number of para-hydroxylation sites is 1. The van der Waals surface area contributed by atoms with E-state index in [0.717, 1.165) is 24.7 Å². The third-order valence-electron chi connectivity index (χ3n) is 4.00. The van der Waals surface area contributed by atoms with Crippen molar-refractivity contribution in [2.24, 2.45) is 4.99 Å². The van der Waals surface area contributed by atoms with Crippen LogP contribution in [-0.4, -0.2) is 59.2 Å². The van der Waals surface area contributed by atoms with E-state index in [1.807, 2.05) is 6.07 Å². The number of carbonyl (C=O) groups is 1. The molecule has 5 nitrogen and oxygen atoms in total. The van der Waals surface area contributed by atoms with Crippen LogP contribution in [0.1, 0.15) is 12.0 Å². The molecule has 1 amide bonds. The number of rotatable bonds is 2. The van der Waals surface area contributed by atoms with Gasteiger partial charge in [0.1, 0.15) is 5.75 Å². The van der Waals surface area contributed by atoms with Gasteiger partial charge in [-0.15, -0.1) is 0 Å². The van der Waals surface area contributed by atoms with Crippen LogP contribution >= 0.6 is 11.8 Å². The van der Waals surface area contributed by atoms with Crippen molar-refractivity contribution in [2.75, 3.05) is 27.2 Å². The molecular formula is C16H19N3O2S. The van der Waals surface area contributed by atoms with Crippen molar-refractivity contribution in [2.45, 2.75) is 12.5 Å². The highest BCUT2D eigenvalue weighted by atomic mass is 32.2. The zero-order valence-corrected chi connectivity index (χ0v) is 13.5. The number of carbonyl (C=O) groups excluding carboxylic acids is 1. The van der Waals surface area contributed by atoms with Crippen LogP contribution in [0.25, 0.3) is 6.08 Å². The maximum absolute atomic E-state index is 12.1. The number of likely N-dealkylation sites (tertiary alicyclic amines) is 1. The average molecular weight is 317 g/mol. The molecule has 0 saturated carbocycles. The molecule has 1 aromatic rings. The Balaban J connectivity index is 1.73. The Labute approximate surface area is 134 Å². The van der Waals surface area contributed by atoms with E-state index in [9.17, 15) is 9.90 Å². The molecule has 0 unspecified atom stereocenters. The predicted octanol–water partition coefficient (Wildman–Crippen LogP) is 2.00. The van der Waals surface area contributed by atoms with Crippen LogP contribution in [0.15, 0.2) is 34.2 Å². The maximum Gasteiger partial charge on any atom is 0.286 e. The van der Waals surface area contributed by atoms with Gasteiger partial charge in [-0.1, -0.05) is 18.2 Å². The van der Waals surface area contributed by atoms with Crippen molar-refractivity contribution in [3.8, 4) is 5.75 Å². The Morgan fingerprint density at radius 2 is 2.18 bits per heavy atom. The molecule has 1 fully saturated rings. The van der Waals surface area contributed by atoms with E-state index in [0.29, 0.717) is 16.5 Å². The first-order valence-electron chi connectivity index (χ1n) is 7.26. The van der Waals surface area contributed by atoms with Crippen LogP contribution in [-0.2, 0) is 4.79 Å². The second kappa shape index (κ2) is 6.14. The minimum absolute atomic E-state index is 0.172. The molecule has 1 atom stereocenters. The summed E-state index contributed by atoms with van der Waals surface area (Å²) in [5.74, 6) is -0.0535. The lowest BCUT2D eigenvalue weighted by Gasteiger charge is -2.20. The zero-order chi connectivity index (χ0) is 15.7. The molecule has 6 heteroatoms. The van der Waals surface area contributed by atoms with Gasteiger partial charge < -0.3 is 14.9 Å². The molecule has 116 valence electrons. The van der Waals surface area contributed by atoms with Crippen molar-refractivity contribution in [3.05, 3.63) is 34.7 Å². The van der Waals surface area contributed by atoms with Gasteiger partial charge in [-0.25, -0.2) is 0 Å². The molecule has 22 heavy (non-hydrogen) atoms. The Hall–Kier alpha value is -1.79. The van der Waals surface area contributed by atoms with Gasteiger partial charge in [0.2, 0.25) is 0 Å². The zero-order valence-electron chi connectivity index (χ0n) is 12.7. The fourth-order valence-electron chi connectivity index (χ4n) is 2.62. The second-order valence-corrected chi connectivity index (χ2v) is 6.73. The molecule has 0 aromatic heterocycles. The summed E-state index contributed by atoms with van der Waals surface area (Å²) in [5, 5.41) is 10.6. The van der Waals surface area contributed by atoms with Crippen LogP contribution in [0, 0.1) is 0 Å². The van der Waals surface area contributed by atoms with E-state index in [1.165, 1.54) is 11.8 Å². The monoisotopic (exact) mass is 317 g/mol. The normalized spacial score (nSPS) is 23.7. The fourth-order valence-corrected chi connectivity index (χ4v) is 3.56. The summed E-state index contributed by atoms with van der Waals surface area (Å²) in [6.45, 7) is 1.82. The molecule has 0 spiro atoms. The Morgan fingerprint density at radius 3 is 2.86 bits per heavy atom. The number of phenols is 1. The van der Waals surface area contributed by atoms with Crippen LogP contribution in [0.4, 0.5) is 0 Å². The SMILES string of the molecule is CN(C)[C@@H]1CCN(C2=NC(=O)/C(=C\c3ccccc3O)S2)C1. The number of likely N-dealkylation sites (N-methyl/N-ethyl adjacent to an activating group) is 1. The summed E-state index contributed by atoms with van der Waals surface area (Å²) >= 11 is 1.39. The van der Waals surface area contributed by atoms with Crippen molar-refractivity contribution < 1.29 is 9.90 Å². The maximum atomic E-state index is 12.1. The highest BCUT2D eigenvalue weighted by Gasteiger charge is 2.31. The predicted molar refractivity (Wildman–Crippen MR) is 89.8 cm³/mol. The molecule has 2 aliphatic rings. The highest BCUT2D eigenvalue weighted by molar-refractivity contribution is 8.18. The summed E-state index contributed by atoms with van der Waals surface area (Å²) in [4.78, 5) is 21.2. The van der Waals surface area contributed by atoms with E-state index in [-0.39, 0.29) is 11.7 Å². The Kier molecular flexibility index (Phi) is 4.22. The van der Waals surface area contributed by atoms with Gasteiger partial charge in [0.15, 0.2) is 5.17 Å². The van der Waals surface area contributed by atoms with Crippen LogP contribution in [0.3, 0.4) is 0 Å². The van der Waals surface area contributed by atoms with E-state index < -0.39 is 0 Å². The molecule has 3 rings (SSSR count). The van der Waals surface area contributed by atoms with Crippen LogP contribution in [0.2, 0.25) is 0 Å². The molecule has 0 aliphatic carbocycles. The number of hydrogen-bond acceptors (Lipinski definition) is 5. The van der Waals surface area contributed by atoms with E-state index in [1.54, 1.807) is 24.3 Å². The van der Waals surface area contributed by atoms with Crippen LogP contribution in [0.5, 0.6) is 5.75 Å². The number of nitrogens with zero attached hydrogens (tertiary/aromatic N) is 3. The first kappa shape index (κ1) is 15.1. The average Bonchev–Trinajstić information content (AvgIpc) is 3.09. The molecular weight excluding hydrogens is 298 g/mol. The number of thioether (sulfide) groups is 1. The molecule has 0 radical (unpaired) electrons. The minimum Gasteiger partial charge on any atom is -0.507 e. The number of aliphatic imine (C=N–C) groups is 1. The smallest absolute Gasteiger partial charge is 0.286 e. The molecule has 1 N–H and O–H groups in total. The number of phenolic OH excluding ortho intramolecular Hbond substituents is 1. The molecule has 0 bridgehead atoms. The molecule has 1 saturated heterocycles. The van der Waals surface area contributed by atoms with Gasteiger partial charge in [0, 0.05) is 24.7 Å². The Morgan fingerprint density at radius 1 is 1.41 bits per heavy atom. The number of amides is 1. The lowest BCUT2D eigenvalue weighted by atomic mass is 10.2. The molecule has 2 heterocycles. The van der Waals surface area contributed by atoms with E-state index in [2.05, 4.69) is 28.9 Å². The summed E-state index contributed by atoms with van der Waals surface area (Å²) < 4.78 is 0. The fraction of sp³-hybridized carbons (Fsp3) is 0.375. The summed E-state index contributed by atoms with van der Waals surface area (Å²) in [6, 6.07) is 7.49. The topological polar surface area (TPSA) is 56.1 Å². The quantitative estimate of drug-likeness (QED) is 0.846. The largest absolute Gasteiger partial charge is 0.507 e. The van der Waals surface area contributed by atoms with Gasteiger partial charge in [-0.3, -0.25) is 4.79 Å². The van der Waals surface area contributed by atoms with Crippen molar-refractivity contribution >= 4 is 28.9 Å². The van der Waals surface area contributed by atoms with E-state index in [4.69, 9.17) is 0 Å². The number of hydrogen-bond donors (Lipinski definition) is 1. The third kappa shape index (κ3) is 3.03. The van der Waals surface area contributed by atoms with Crippen molar-refractivity contribution in [1.82, 2.24) is 9.80 Å². The van der Waals surface area contributed by atoms with E-state index >= 15 is 0 Å². The summed E-state index contributed by atoms with van der Waals surface area (Å²) in [6.07, 6.45) is 2.79. The second-order valence-electron chi connectivity index (χ2n) is 5.72. The van der Waals surface area contributed by atoms with Gasteiger partial charge >= 0.3 is 0 Å². The van der Waals surface area contributed by atoms with Gasteiger partial charge in [0.05, 0.1) is 4.91 Å². The third-order valence-corrected chi connectivity index (χ3v) is 5.04. The molecule has 1 aromatic carbocycles. The van der Waals surface area contributed by atoms with Crippen molar-refractivity contribution in [3.63, 3.8) is 0 Å². The molecule has 2 aliphatic heterocycles. The van der Waals surface area contributed by atoms with Crippen molar-refractivity contribution in [1.29, 1.82) is 0 Å². The lowest BCUT2D eigenvalue weighted by molar-refractivity contribution is -0.113. The summed E-state index contributed by atoms with van der Waals surface area (Å²) in [5.41, 5.74) is 0.641. The lowest BCUT2D eigenvalue weighted by Crippen LogP contribution is -2.33. The number of benzene rings is 1. The first-order valence-corrected chi connectivity index (χ1v) is 8.08. The minimum atomic E-state index is -0.225. The standard InChI is InChI=1S/C16H19N3O2S/c1-18(2)12-7-8-19(10-12)16-17-15(21)14(22-16)9-11-5-3-4-6-13(11)20/h3-6,9,12,20H,7-8,10H2,1-2H3/b14-9+/t12-/m1/s1. The summed E-state index contributed by atoms with van der Waals surface area (Å²) in [7, 11) is 4.15. The number of aromatic hydroxyl groups is 1. The van der Waals surface area contributed by atoms with Gasteiger partial charge in [-0.2, -0.15) is 4.99 Å². The van der Waals surface area contributed by atoms with Gasteiger partial charge in [-0.05, 0) is 44.4 Å². The first-order chi connectivity index (χ1) is 10.5.